The second-order valence-electron chi connectivity index (χ2n) is 5.77. The quantitative estimate of drug-likeness (QED) is 0.453. The van der Waals surface area contributed by atoms with E-state index < -0.39 is 5.82 Å². The predicted molar refractivity (Wildman–Crippen MR) is 91.3 cm³/mol. The van der Waals surface area contributed by atoms with Crippen LogP contribution in [0.3, 0.4) is 0 Å². The zero-order chi connectivity index (χ0) is 16.2. The van der Waals surface area contributed by atoms with Crippen molar-refractivity contribution in [1.82, 2.24) is 4.57 Å². The summed E-state index contributed by atoms with van der Waals surface area (Å²) in [6, 6.07) is 14.0. The van der Waals surface area contributed by atoms with Crippen LogP contribution >= 0.6 is 0 Å². The van der Waals surface area contributed by atoms with Gasteiger partial charge in [0.2, 0.25) is 0 Å². The molecule has 1 aromatic heterocycles. The number of carbonyl (C=O) groups is 1. The summed E-state index contributed by atoms with van der Waals surface area (Å²) in [5.74, 6) is -0.728. The van der Waals surface area contributed by atoms with E-state index in [1.54, 1.807) is 18.2 Å². The zero-order valence-electron chi connectivity index (χ0n) is 13.3. The Bertz CT molecular complexity index is 835. The molecule has 0 atom stereocenters. The standard InChI is InChI=1S/C20H20FNO/c1-2-3-8-13-22-14-17(15-9-5-7-12-19(15)22)20(23)16-10-4-6-11-18(16)21/h4-7,9-12,14H,2-3,8,13H2,1H3. The third-order valence-corrected chi connectivity index (χ3v) is 4.15. The molecular formula is C20H20FNO. The van der Waals surface area contributed by atoms with Crippen molar-refractivity contribution in [2.75, 3.05) is 0 Å². The summed E-state index contributed by atoms with van der Waals surface area (Å²) >= 11 is 0. The molecule has 0 aliphatic carbocycles. The highest BCUT2D eigenvalue weighted by Gasteiger charge is 2.18. The van der Waals surface area contributed by atoms with Gasteiger partial charge in [-0.3, -0.25) is 4.79 Å². The maximum Gasteiger partial charge on any atom is 0.198 e. The van der Waals surface area contributed by atoms with Crippen LogP contribution < -0.4 is 0 Å². The van der Waals surface area contributed by atoms with Crippen molar-refractivity contribution in [2.45, 2.75) is 32.7 Å². The van der Waals surface area contributed by atoms with Crippen molar-refractivity contribution < 1.29 is 9.18 Å². The number of para-hydroxylation sites is 1. The normalized spacial score (nSPS) is 11.0. The number of fused-ring (bicyclic) bond motifs is 1. The van der Waals surface area contributed by atoms with Crippen LogP contribution in [0.25, 0.3) is 10.9 Å². The fourth-order valence-corrected chi connectivity index (χ4v) is 2.94. The van der Waals surface area contributed by atoms with Gasteiger partial charge in [0.05, 0.1) is 5.56 Å². The van der Waals surface area contributed by atoms with E-state index in [2.05, 4.69) is 11.5 Å². The van der Waals surface area contributed by atoms with Gasteiger partial charge in [-0.15, -0.1) is 0 Å². The van der Waals surface area contributed by atoms with Crippen LogP contribution in [0.5, 0.6) is 0 Å². The number of benzene rings is 2. The summed E-state index contributed by atoms with van der Waals surface area (Å²) in [6.45, 7) is 3.04. The van der Waals surface area contributed by atoms with Gasteiger partial charge in [0.25, 0.3) is 0 Å². The molecule has 23 heavy (non-hydrogen) atoms. The average Bonchev–Trinajstić information content (AvgIpc) is 2.94. The lowest BCUT2D eigenvalue weighted by atomic mass is 10.0. The molecule has 3 aromatic rings. The molecule has 3 rings (SSSR count). The lowest BCUT2D eigenvalue weighted by Gasteiger charge is -2.03. The molecule has 2 aromatic carbocycles. The molecule has 3 heteroatoms. The summed E-state index contributed by atoms with van der Waals surface area (Å²) in [5, 5.41) is 0.886. The molecule has 2 nitrogen and oxygen atoms in total. The molecule has 0 saturated carbocycles. The molecule has 0 radical (unpaired) electrons. The highest BCUT2D eigenvalue weighted by atomic mass is 19.1. The molecule has 0 fully saturated rings. The van der Waals surface area contributed by atoms with Crippen LogP contribution in [0.15, 0.2) is 54.7 Å². The van der Waals surface area contributed by atoms with E-state index in [-0.39, 0.29) is 11.3 Å². The highest BCUT2D eigenvalue weighted by molar-refractivity contribution is 6.16. The van der Waals surface area contributed by atoms with Crippen LogP contribution in [0.2, 0.25) is 0 Å². The first kappa shape index (κ1) is 15.5. The van der Waals surface area contributed by atoms with Crippen LogP contribution in [-0.4, -0.2) is 10.4 Å². The van der Waals surface area contributed by atoms with E-state index in [9.17, 15) is 9.18 Å². The Hall–Kier alpha value is -2.42. The Morgan fingerprint density at radius 1 is 1.00 bits per heavy atom. The van der Waals surface area contributed by atoms with Crippen LogP contribution in [0, 0.1) is 5.82 Å². The number of hydrogen-bond acceptors (Lipinski definition) is 1. The van der Waals surface area contributed by atoms with E-state index in [1.807, 2.05) is 30.5 Å². The van der Waals surface area contributed by atoms with Gasteiger partial charge >= 0.3 is 0 Å². The lowest BCUT2D eigenvalue weighted by Crippen LogP contribution is -2.03. The van der Waals surface area contributed by atoms with E-state index >= 15 is 0 Å². The van der Waals surface area contributed by atoms with Crippen molar-refractivity contribution in [1.29, 1.82) is 0 Å². The van der Waals surface area contributed by atoms with Gasteiger partial charge in [-0.2, -0.15) is 0 Å². The highest BCUT2D eigenvalue weighted by Crippen LogP contribution is 2.25. The number of carbonyl (C=O) groups excluding carboxylic acids is 1. The van der Waals surface area contributed by atoms with Gasteiger partial charge < -0.3 is 4.57 Å². The molecule has 0 unspecified atom stereocenters. The van der Waals surface area contributed by atoms with E-state index in [4.69, 9.17) is 0 Å². The SMILES string of the molecule is CCCCCn1cc(C(=O)c2ccccc2F)c2ccccc21. The first-order chi connectivity index (χ1) is 11.2. The van der Waals surface area contributed by atoms with Gasteiger partial charge in [-0.25, -0.2) is 4.39 Å². The van der Waals surface area contributed by atoms with E-state index in [0.29, 0.717) is 5.56 Å². The maximum absolute atomic E-state index is 14.0. The number of ketones is 1. The number of aryl methyl sites for hydroxylation is 1. The Labute approximate surface area is 135 Å². The molecule has 118 valence electrons. The van der Waals surface area contributed by atoms with Crippen molar-refractivity contribution in [3.63, 3.8) is 0 Å². The van der Waals surface area contributed by atoms with Gasteiger partial charge in [-0.1, -0.05) is 50.1 Å². The third-order valence-electron chi connectivity index (χ3n) is 4.15. The monoisotopic (exact) mass is 309 g/mol. The fourth-order valence-electron chi connectivity index (χ4n) is 2.94. The summed E-state index contributed by atoms with van der Waals surface area (Å²) in [5.41, 5.74) is 1.73. The molecule has 0 bridgehead atoms. The predicted octanol–water partition coefficient (Wildman–Crippen LogP) is 5.20. The minimum absolute atomic E-state index is 0.129. The minimum atomic E-state index is -0.472. The number of hydrogen-bond donors (Lipinski definition) is 0. The summed E-state index contributed by atoms with van der Waals surface area (Å²) in [7, 11) is 0. The largest absolute Gasteiger partial charge is 0.347 e. The van der Waals surface area contributed by atoms with E-state index in [0.717, 1.165) is 36.7 Å². The van der Waals surface area contributed by atoms with Crippen molar-refractivity contribution in [3.8, 4) is 0 Å². The number of nitrogens with zero attached hydrogens (tertiary/aromatic N) is 1. The van der Waals surface area contributed by atoms with Gasteiger partial charge in [0.1, 0.15) is 5.82 Å². The third kappa shape index (κ3) is 3.04. The lowest BCUT2D eigenvalue weighted by molar-refractivity contribution is 0.103. The summed E-state index contributed by atoms with van der Waals surface area (Å²) in [6.07, 6.45) is 5.25. The van der Waals surface area contributed by atoms with Crippen molar-refractivity contribution >= 4 is 16.7 Å². The zero-order valence-corrected chi connectivity index (χ0v) is 13.3. The molecular weight excluding hydrogens is 289 g/mol. The van der Waals surface area contributed by atoms with Gasteiger partial charge in [0, 0.05) is 29.2 Å². The van der Waals surface area contributed by atoms with Crippen molar-refractivity contribution in [3.05, 3.63) is 71.7 Å². The number of rotatable bonds is 6. The maximum atomic E-state index is 14.0. The first-order valence-corrected chi connectivity index (χ1v) is 8.09. The molecule has 0 aliphatic heterocycles. The van der Waals surface area contributed by atoms with Crippen molar-refractivity contribution in [2.24, 2.45) is 0 Å². The fraction of sp³-hybridized carbons (Fsp3) is 0.250. The molecule has 0 amide bonds. The van der Waals surface area contributed by atoms with Crippen LogP contribution in [-0.2, 0) is 6.54 Å². The summed E-state index contributed by atoms with van der Waals surface area (Å²) < 4.78 is 16.1. The smallest absolute Gasteiger partial charge is 0.198 e. The Kier molecular flexibility index (Phi) is 4.56. The summed E-state index contributed by atoms with van der Waals surface area (Å²) in [4.78, 5) is 12.8. The second-order valence-corrected chi connectivity index (χ2v) is 5.77. The first-order valence-electron chi connectivity index (χ1n) is 8.09. The molecule has 0 N–H and O–H groups in total. The molecule has 0 saturated heterocycles. The Morgan fingerprint density at radius 3 is 2.52 bits per heavy atom. The number of unbranched alkanes of at least 4 members (excludes halogenated alkanes) is 2. The Morgan fingerprint density at radius 2 is 1.74 bits per heavy atom. The number of halogens is 1. The molecule has 1 heterocycles. The van der Waals surface area contributed by atoms with E-state index in [1.165, 1.54) is 6.07 Å². The average molecular weight is 309 g/mol. The molecule has 0 spiro atoms. The topological polar surface area (TPSA) is 22.0 Å². The van der Waals surface area contributed by atoms with Crippen LogP contribution in [0.4, 0.5) is 4.39 Å². The van der Waals surface area contributed by atoms with Gasteiger partial charge in [-0.05, 0) is 24.6 Å². The van der Waals surface area contributed by atoms with Crippen LogP contribution in [0.1, 0.15) is 42.1 Å². The number of aromatic nitrogens is 1. The minimum Gasteiger partial charge on any atom is -0.347 e. The van der Waals surface area contributed by atoms with Gasteiger partial charge in [0.15, 0.2) is 5.78 Å². The Balaban J connectivity index is 2.04. The second kappa shape index (κ2) is 6.78. The molecule has 0 aliphatic rings.